The number of hydrogen-bond donors (Lipinski definition) is 3. The first-order valence-electron chi connectivity index (χ1n) is 11.1. The highest BCUT2D eigenvalue weighted by atomic mass is 31.2. The van der Waals surface area contributed by atoms with Crippen molar-refractivity contribution >= 4 is 7.82 Å². The number of phosphoric ester groups is 1. The maximum Gasteiger partial charge on any atom is 0.469 e. The lowest BCUT2D eigenvalue weighted by Gasteiger charge is -2.38. The topological polar surface area (TPSA) is 102 Å². The predicted octanol–water partition coefficient (Wildman–Crippen LogP) is 4.60. The van der Waals surface area contributed by atoms with Crippen LogP contribution < -0.4 is 10.5 Å². The lowest BCUT2D eigenvalue weighted by atomic mass is 9.72. The fourth-order valence-electron chi connectivity index (χ4n) is 4.95. The average Bonchev–Trinajstić information content (AvgIpc) is 2.65. The smallest absolute Gasteiger partial charge is 0.469 e. The van der Waals surface area contributed by atoms with Gasteiger partial charge in [-0.25, -0.2) is 4.57 Å². The Morgan fingerprint density at radius 1 is 1.03 bits per heavy atom. The van der Waals surface area contributed by atoms with Gasteiger partial charge in [-0.3, -0.25) is 4.52 Å². The summed E-state index contributed by atoms with van der Waals surface area (Å²) in [5, 5.41) is 0. The highest BCUT2D eigenvalue weighted by Gasteiger charge is 2.35. The number of fused-ring (bicyclic) bond motifs is 1. The molecule has 6 nitrogen and oxygen atoms in total. The summed E-state index contributed by atoms with van der Waals surface area (Å²) in [6.45, 7) is 8.65. The normalized spacial score (nSPS) is 27.2. The second kappa shape index (κ2) is 8.91. The summed E-state index contributed by atoms with van der Waals surface area (Å²) in [5.74, 6) is 1.83. The zero-order valence-corrected chi connectivity index (χ0v) is 19.7. The molecule has 0 amide bonds. The predicted molar refractivity (Wildman–Crippen MR) is 118 cm³/mol. The summed E-state index contributed by atoms with van der Waals surface area (Å²) >= 11 is 0. The van der Waals surface area contributed by atoms with Crippen LogP contribution in [0.25, 0.3) is 0 Å². The number of aryl methyl sites for hydroxylation is 1. The molecule has 7 heteroatoms. The van der Waals surface area contributed by atoms with Gasteiger partial charge in [0.05, 0.1) is 12.7 Å². The standard InChI is InChI=1S/C23H38NO5P/c1-22(2,3)18-8-11-20(12-9-18)29-21-10-6-16-13-19(7-5-17(16)14-21)23(4,24)15-28-30(25,26)27/h6,10,14,18-20H,5,7-9,11-13,15,24H2,1-4H3,(H2,25,26,27)/t18?,19-,20?,23+/m1/s1. The van der Waals surface area contributed by atoms with Gasteiger partial charge < -0.3 is 20.3 Å². The van der Waals surface area contributed by atoms with Crippen molar-refractivity contribution in [2.24, 2.45) is 23.0 Å². The molecule has 0 spiro atoms. The lowest BCUT2D eigenvalue weighted by molar-refractivity contribution is 0.0880. The third-order valence-corrected chi connectivity index (χ3v) is 7.55. The van der Waals surface area contributed by atoms with E-state index < -0.39 is 13.4 Å². The summed E-state index contributed by atoms with van der Waals surface area (Å²) < 4.78 is 22.0. The Kier molecular flexibility index (Phi) is 7.06. The quantitative estimate of drug-likeness (QED) is 0.560. The first kappa shape index (κ1) is 23.7. The van der Waals surface area contributed by atoms with Crippen LogP contribution in [0.15, 0.2) is 18.2 Å². The Morgan fingerprint density at radius 3 is 2.30 bits per heavy atom. The van der Waals surface area contributed by atoms with Crippen LogP contribution in [0.4, 0.5) is 0 Å². The SMILES string of the molecule is CC(C)(C)C1CCC(Oc2ccc3c(c2)CC[C@@H]([C@@](C)(N)COP(=O)(O)O)C3)CC1. The van der Waals surface area contributed by atoms with E-state index in [4.69, 9.17) is 20.3 Å². The average molecular weight is 440 g/mol. The van der Waals surface area contributed by atoms with E-state index in [0.717, 1.165) is 43.8 Å². The molecule has 4 N–H and O–H groups in total. The third kappa shape index (κ3) is 6.30. The van der Waals surface area contributed by atoms with Crippen molar-refractivity contribution in [2.45, 2.75) is 84.3 Å². The van der Waals surface area contributed by atoms with E-state index in [9.17, 15) is 4.57 Å². The van der Waals surface area contributed by atoms with Crippen LogP contribution in [0, 0.1) is 17.3 Å². The molecule has 2 aliphatic rings. The zero-order valence-electron chi connectivity index (χ0n) is 18.8. The second-order valence-corrected chi connectivity index (χ2v) is 11.8. The zero-order chi connectivity index (χ0) is 22.2. The van der Waals surface area contributed by atoms with Gasteiger partial charge in [0.1, 0.15) is 5.75 Å². The van der Waals surface area contributed by atoms with Gasteiger partial charge in [-0.1, -0.05) is 26.8 Å². The molecule has 0 bridgehead atoms. The van der Waals surface area contributed by atoms with Crippen molar-refractivity contribution in [1.82, 2.24) is 0 Å². The van der Waals surface area contributed by atoms with Gasteiger partial charge >= 0.3 is 7.82 Å². The number of hydrogen-bond acceptors (Lipinski definition) is 4. The summed E-state index contributed by atoms with van der Waals surface area (Å²) in [7, 11) is -4.51. The molecule has 0 unspecified atom stereocenters. The van der Waals surface area contributed by atoms with Gasteiger partial charge in [0.25, 0.3) is 0 Å². The van der Waals surface area contributed by atoms with Gasteiger partial charge in [-0.15, -0.1) is 0 Å². The van der Waals surface area contributed by atoms with Crippen molar-refractivity contribution in [3.63, 3.8) is 0 Å². The molecule has 2 atom stereocenters. The Labute approximate surface area is 180 Å². The van der Waals surface area contributed by atoms with E-state index in [-0.39, 0.29) is 12.5 Å². The van der Waals surface area contributed by atoms with E-state index in [0.29, 0.717) is 11.5 Å². The first-order valence-corrected chi connectivity index (χ1v) is 12.6. The maximum atomic E-state index is 11.0. The summed E-state index contributed by atoms with van der Waals surface area (Å²) in [5.41, 5.74) is 8.47. The molecule has 1 saturated carbocycles. The Bertz CT molecular complexity index is 774. The van der Waals surface area contributed by atoms with Gasteiger partial charge in [-0.2, -0.15) is 0 Å². The largest absolute Gasteiger partial charge is 0.490 e. The van der Waals surface area contributed by atoms with Crippen molar-refractivity contribution in [3.8, 4) is 5.75 Å². The molecular formula is C23H38NO5P. The minimum atomic E-state index is -4.51. The maximum absolute atomic E-state index is 11.0. The van der Waals surface area contributed by atoms with Gasteiger partial charge in [0.2, 0.25) is 0 Å². The van der Waals surface area contributed by atoms with Crippen molar-refractivity contribution in [3.05, 3.63) is 29.3 Å². The van der Waals surface area contributed by atoms with Crippen molar-refractivity contribution in [2.75, 3.05) is 6.61 Å². The third-order valence-electron chi connectivity index (χ3n) is 7.08. The fourth-order valence-corrected chi connectivity index (χ4v) is 5.39. The molecule has 0 saturated heterocycles. The minimum absolute atomic E-state index is 0.107. The number of ether oxygens (including phenoxy) is 1. The molecule has 3 rings (SSSR count). The van der Waals surface area contributed by atoms with Crippen LogP contribution in [0.3, 0.4) is 0 Å². The highest BCUT2D eigenvalue weighted by molar-refractivity contribution is 7.46. The Balaban J connectivity index is 1.57. The number of benzene rings is 1. The Hall–Kier alpha value is -0.910. The molecule has 0 aromatic heterocycles. The first-order chi connectivity index (χ1) is 13.8. The summed E-state index contributed by atoms with van der Waals surface area (Å²) in [6, 6.07) is 6.34. The van der Waals surface area contributed by atoms with Gasteiger partial charge in [-0.05, 0) is 92.4 Å². The van der Waals surface area contributed by atoms with Crippen molar-refractivity contribution < 1.29 is 23.6 Å². The van der Waals surface area contributed by atoms with E-state index >= 15 is 0 Å². The number of nitrogens with two attached hydrogens (primary N) is 1. The molecule has 1 fully saturated rings. The highest BCUT2D eigenvalue weighted by Crippen LogP contribution is 2.41. The Morgan fingerprint density at radius 2 is 1.70 bits per heavy atom. The molecule has 0 radical (unpaired) electrons. The van der Waals surface area contributed by atoms with E-state index in [2.05, 4.69) is 43.5 Å². The molecule has 2 aliphatic carbocycles. The van der Waals surface area contributed by atoms with E-state index in [1.54, 1.807) is 0 Å². The minimum Gasteiger partial charge on any atom is -0.490 e. The summed E-state index contributed by atoms with van der Waals surface area (Å²) in [4.78, 5) is 18.0. The van der Waals surface area contributed by atoms with Crippen LogP contribution in [-0.4, -0.2) is 28.0 Å². The number of rotatable bonds is 6. The molecule has 0 heterocycles. The molecule has 0 aliphatic heterocycles. The molecular weight excluding hydrogens is 401 g/mol. The lowest BCUT2D eigenvalue weighted by Crippen LogP contribution is -2.50. The van der Waals surface area contributed by atoms with Gasteiger partial charge in [0, 0.05) is 5.54 Å². The van der Waals surface area contributed by atoms with Crippen molar-refractivity contribution in [1.29, 1.82) is 0 Å². The summed E-state index contributed by atoms with van der Waals surface area (Å²) in [6.07, 6.45) is 7.53. The van der Waals surface area contributed by atoms with E-state index in [1.165, 1.54) is 24.0 Å². The van der Waals surface area contributed by atoms with Gasteiger partial charge in [0.15, 0.2) is 0 Å². The van der Waals surface area contributed by atoms with Crippen LogP contribution in [-0.2, 0) is 21.9 Å². The van der Waals surface area contributed by atoms with Crippen LogP contribution in [0.2, 0.25) is 0 Å². The molecule has 170 valence electrons. The fraction of sp³-hybridized carbons (Fsp3) is 0.739. The second-order valence-electron chi connectivity index (χ2n) is 10.6. The van der Waals surface area contributed by atoms with Crippen LogP contribution >= 0.6 is 7.82 Å². The molecule has 1 aromatic carbocycles. The monoisotopic (exact) mass is 439 g/mol. The van der Waals surface area contributed by atoms with Crippen LogP contribution in [0.5, 0.6) is 5.75 Å². The number of phosphoric acid groups is 1. The molecule has 1 aromatic rings. The van der Waals surface area contributed by atoms with E-state index in [1.807, 2.05) is 6.92 Å². The molecule has 30 heavy (non-hydrogen) atoms. The van der Waals surface area contributed by atoms with Crippen LogP contribution in [0.1, 0.15) is 70.9 Å².